The smallest absolute Gasteiger partial charge is 0.258 e. The number of para-hydroxylation sites is 1. The number of amides is 3. The fourth-order valence-corrected chi connectivity index (χ4v) is 3.91. The summed E-state index contributed by atoms with van der Waals surface area (Å²) in [4.78, 5) is 44.0. The van der Waals surface area contributed by atoms with Gasteiger partial charge in [-0.2, -0.15) is 0 Å². The summed E-state index contributed by atoms with van der Waals surface area (Å²) in [5.41, 5.74) is 4.10. The Labute approximate surface area is 181 Å². The number of ether oxygens (including phenoxy) is 1. The van der Waals surface area contributed by atoms with Crippen molar-refractivity contribution in [2.24, 2.45) is 5.73 Å². The van der Waals surface area contributed by atoms with Crippen molar-refractivity contribution >= 4 is 17.7 Å². The quantitative estimate of drug-likeness (QED) is 0.697. The van der Waals surface area contributed by atoms with Crippen molar-refractivity contribution in [3.8, 4) is 5.75 Å². The summed E-state index contributed by atoms with van der Waals surface area (Å²) < 4.78 is 5.45. The number of hydrogen-bond acceptors (Lipinski definition) is 5. The predicted octanol–water partition coefficient (Wildman–Crippen LogP) is 1.40. The summed E-state index contributed by atoms with van der Waals surface area (Å²) in [6, 6.07) is 14.3. The molecule has 3 rings (SSSR count). The van der Waals surface area contributed by atoms with Crippen LogP contribution in [-0.4, -0.2) is 52.8 Å². The Kier molecular flexibility index (Phi) is 6.58. The van der Waals surface area contributed by atoms with Crippen LogP contribution < -0.4 is 15.8 Å². The fraction of sp³-hybridized carbons (Fsp3) is 0.391. The van der Waals surface area contributed by atoms with Crippen molar-refractivity contribution in [3.63, 3.8) is 0 Å². The zero-order valence-corrected chi connectivity index (χ0v) is 17.8. The summed E-state index contributed by atoms with van der Waals surface area (Å²) in [6.45, 7) is 3.66. The van der Waals surface area contributed by atoms with E-state index < -0.39 is 22.8 Å². The summed E-state index contributed by atoms with van der Waals surface area (Å²) in [6.07, 6.45) is 2.73. The molecule has 1 saturated heterocycles. The maximum Gasteiger partial charge on any atom is 0.258 e. The van der Waals surface area contributed by atoms with Gasteiger partial charge >= 0.3 is 0 Å². The van der Waals surface area contributed by atoms with E-state index in [4.69, 9.17) is 10.5 Å². The molecule has 31 heavy (non-hydrogen) atoms. The average Bonchev–Trinajstić information content (AvgIpc) is 2.78. The molecule has 1 aromatic carbocycles. The summed E-state index contributed by atoms with van der Waals surface area (Å²) in [7, 11) is 0. The number of primary amides is 1. The number of hydrogen-bond donors (Lipinski definition) is 2. The van der Waals surface area contributed by atoms with Gasteiger partial charge in [-0.15, -0.1) is 0 Å². The van der Waals surface area contributed by atoms with Crippen molar-refractivity contribution in [2.45, 2.75) is 37.6 Å². The minimum atomic E-state index is -1.18. The van der Waals surface area contributed by atoms with E-state index >= 15 is 0 Å². The van der Waals surface area contributed by atoms with E-state index in [1.807, 2.05) is 18.2 Å². The molecule has 0 aliphatic carbocycles. The van der Waals surface area contributed by atoms with Gasteiger partial charge in [0.25, 0.3) is 5.91 Å². The number of nitrogens with two attached hydrogens (primary N) is 1. The largest absolute Gasteiger partial charge is 0.484 e. The first-order chi connectivity index (χ1) is 14.7. The Hall–Kier alpha value is -3.42. The molecular weight excluding hydrogens is 396 g/mol. The maximum absolute atomic E-state index is 13.3. The van der Waals surface area contributed by atoms with E-state index in [0.29, 0.717) is 30.8 Å². The third-order valence-corrected chi connectivity index (χ3v) is 5.51. The van der Waals surface area contributed by atoms with Crippen molar-refractivity contribution < 1.29 is 19.1 Å². The molecule has 164 valence electrons. The van der Waals surface area contributed by atoms with Crippen LogP contribution in [-0.2, 0) is 19.8 Å². The van der Waals surface area contributed by atoms with E-state index in [1.165, 1.54) is 0 Å². The monoisotopic (exact) mass is 424 g/mol. The second kappa shape index (κ2) is 9.16. The highest BCUT2D eigenvalue weighted by Crippen LogP contribution is 2.33. The zero-order chi connectivity index (χ0) is 22.5. The lowest BCUT2D eigenvalue weighted by Crippen LogP contribution is -2.62. The fourth-order valence-electron chi connectivity index (χ4n) is 3.91. The van der Waals surface area contributed by atoms with Gasteiger partial charge in [0.05, 0.1) is 5.69 Å². The van der Waals surface area contributed by atoms with Crippen molar-refractivity contribution in [3.05, 3.63) is 60.4 Å². The highest BCUT2D eigenvalue weighted by atomic mass is 16.5. The number of likely N-dealkylation sites (tertiary alicyclic amines) is 1. The van der Waals surface area contributed by atoms with E-state index in [1.54, 1.807) is 55.3 Å². The second-order valence-electron chi connectivity index (χ2n) is 8.27. The summed E-state index contributed by atoms with van der Waals surface area (Å²) in [5.74, 6) is -0.645. The Morgan fingerprint density at radius 3 is 2.52 bits per heavy atom. The minimum absolute atomic E-state index is 0.123. The van der Waals surface area contributed by atoms with Crippen LogP contribution in [0, 0.1) is 0 Å². The molecule has 0 radical (unpaired) electrons. The lowest BCUT2D eigenvalue weighted by atomic mass is 9.75. The Morgan fingerprint density at radius 1 is 1.16 bits per heavy atom. The van der Waals surface area contributed by atoms with Crippen LogP contribution in [0.1, 0.15) is 32.4 Å². The number of carbonyl (C=O) groups excluding carboxylic acids is 3. The Balaban J connectivity index is 1.68. The normalized spacial score (nSPS) is 18.8. The SMILES string of the molecule is CC(C)(NC(=O)COc1ccccc1)C(=O)N1CCC[C@](C(N)=O)(c2ccccn2)C1. The van der Waals surface area contributed by atoms with Crippen LogP contribution in [0.25, 0.3) is 0 Å². The molecular formula is C23H28N4O4. The molecule has 2 aromatic rings. The topological polar surface area (TPSA) is 115 Å². The van der Waals surface area contributed by atoms with Gasteiger partial charge in [0.1, 0.15) is 16.7 Å². The number of benzene rings is 1. The Bertz CT molecular complexity index is 933. The third kappa shape index (κ3) is 5.02. The lowest BCUT2D eigenvalue weighted by molar-refractivity contribution is -0.144. The third-order valence-electron chi connectivity index (χ3n) is 5.51. The van der Waals surface area contributed by atoms with Crippen LogP contribution in [0.4, 0.5) is 0 Å². The van der Waals surface area contributed by atoms with E-state index in [0.717, 1.165) is 0 Å². The molecule has 8 nitrogen and oxygen atoms in total. The van der Waals surface area contributed by atoms with Crippen molar-refractivity contribution in [1.82, 2.24) is 15.2 Å². The van der Waals surface area contributed by atoms with E-state index in [9.17, 15) is 14.4 Å². The number of pyridine rings is 1. The summed E-state index contributed by atoms with van der Waals surface area (Å²) in [5, 5.41) is 2.73. The number of rotatable bonds is 7. The first kappa shape index (κ1) is 22.3. The maximum atomic E-state index is 13.3. The van der Waals surface area contributed by atoms with Crippen LogP contribution in [0.15, 0.2) is 54.7 Å². The van der Waals surface area contributed by atoms with Gasteiger partial charge in [-0.3, -0.25) is 19.4 Å². The molecule has 0 spiro atoms. The molecule has 2 heterocycles. The number of aromatic nitrogens is 1. The zero-order valence-electron chi connectivity index (χ0n) is 17.8. The van der Waals surface area contributed by atoms with Crippen LogP contribution in [0.2, 0.25) is 0 Å². The van der Waals surface area contributed by atoms with Gasteiger partial charge in [0.15, 0.2) is 6.61 Å². The summed E-state index contributed by atoms with van der Waals surface area (Å²) >= 11 is 0. The standard InChI is InChI=1S/C23H28N4O4/c1-22(2,26-19(28)15-31-17-9-4-3-5-10-17)21(30)27-14-8-12-23(16-27,20(24)29)18-11-6-7-13-25-18/h3-7,9-11,13H,8,12,14-16H2,1-2H3,(H2,24,29)(H,26,28)/t23-/m1/s1. The number of carbonyl (C=O) groups is 3. The number of piperidine rings is 1. The Morgan fingerprint density at radius 2 is 1.87 bits per heavy atom. The van der Waals surface area contributed by atoms with Crippen molar-refractivity contribution in [2.75, 3.05) is 19.7 Å². The molecule has 8 heteroatoms. The lowest BCUT2D eigenvalue weighted by Gasteiger charge is -2.43. The molecule has 3 amide bonds. The van der Waals surface area contributed by atoms with Gasteiger partial charge in [-0.1, -0.05) is 24.3 Å². The highest BCUT2D eigenvalue weighted by Gasteiger charge is 2.47. The van der Waals surface area contributed by atoms with Crippen LogP contribution >= 0.6 is 0 Å². The highest BCUT2D eigenvalue weighted by molar-refractivity contribution is 5.93. The van der Waals surface area contributed by atoms with E-state index in [2.05, 4.69) is 10.3 Å². The van der Waals surface area contributed by atoms with E-state index in [-0.39, 0.29) is 19.1 Å². The minimum Gasteiger partial charge on any atom is -0.484 e. The van der Waals surface area contributed by atoms with Crippen molar-refractivity contribution in [1.29, 1.82) is 0 Å². The van der Waals surface area contributed by atoms with Gasteiger partial charge < -0.3 is 20.7 Å². The van der Waals surface area contributed by atoms with Crippen LogP contribution in [0.3, 0.4) is 0 Å². The molecule has 1 aromatic heterocycles. The second-order valence-corrected chi connectivity index (χ2v) is 8.27. The average molecular weight is 425 g/mol. The molecule has 0 unspecified atom stereocenters. The van der Waals surface area contributed by atoms with Gasteiger partial charge in [0, 0.05) is 19.3 Å². The molecule has 1 fully saturated rings. The first-order valence-electron chi connectivity index (χ1n) is 10.2. The number of nitrogens with zero attached hydrogens (tertiary/aromatic N) is 2. The van der Waals surface area contributed by atoms with Crippen LogP contribution in [0.5, 0.6) is 5.75 Å². The van der Waals surface area contributed by atoms with Gasteiger partial charge in [-0.05, 0) is 51.0 Å². The molecule has 0 bridgehead atoms. The van der Waals surface area contributed by atoms with Gasteiger partial charge in [0.2, 0.25) is 11.8 Å². The first-order valence-corrected chi connectivity index (χ1v) is 10.2. The molecule has 3 N–H and O–H groups in total. The molecule has 0 saturated carbocycles. The predicted molar refractivity (Wildman–Crippen MR) is 115 cm³/mol. The molecule has 1 aliphatic rings. The number of nitrogens with one attached hydrogen (secondary N) is 1. The molecule has 1 atom stereocenters. The molecule has 1 aliphatic heterocycles. The van der Waals surface area contributed by atoms with Gasteiger partial charge in [-0.25, -0.2) is 0 Å².